The Kier molecular flexibility index (Phi) is 3.59. The summed E-state index contributed by atoms with van der Waals surface area (Å²) in [5, 5.41) is 0.999. The molecule has 1 aromatic carbocycles. The average molecular weight is 230 g/mol. The molecule has 2 nitrogen and oxygen atoms in total. The summed E-state index contributed by atoms with van der Waals surface area (Å²) in [7, 11) is 0. The zero-order valence-electron chi connectivity index (χ0n) is 9.18. The van der Waals surface area contributed by atoms with Crippen LogP contribution in [-0.2, 0) is 6.54 Å². The lowest BCUT2D eigenvalue weighted by Crippen LogP contribution is -1.99. The molecular formula is C13H14N2S. The molecule has 0 aliphatic carbocycles. The Bertz CT molecular complexity index is 483. The highest BCUT2D eigenvalue weighted by Crippen LogP contribution is 2.30. The maximum absolute atomic E-state index is 5.69. The van der Waals surface area contributed by atoms with Crippen LogP contribution in [0.1, 0.15) is 11.1 Å². The molecule has 0 unspecified atom stereocenters. The molecule has 3 heteroatoms. The van der Waals surface area contributed by atoms with Gasteiger partial charge in [-0.15, -0.1) is 0 Å². The standard InChI is InChI=1S/C13H14N2S/c1-10-5-2-3-7-12(10)16-13-11(9-14)6-4-8-15-13/h2-8H,9,14H2,1H3. The number of pyridine rings is 1. The second kappa shape index (κ2) is 5.14. The molecule has 2 rings (SSSR count). The smallest absolute Gasteiger partial charge is 0.105 e. The molecule has 0 saturated carbocycles. The monoisotopic (exact) mass is 230 g/mol. The fourth-order valence-electron chi connectivity index (χ4n) is 1.45. The number of nitrogens with zero attached hydrogens (tertiary/aromatic N) is 1. The van der Waals surface area contributed by atoms with Gasteiger partial charge in [0.05, 0.1) is 0 Å². The minimum absolute atomic E-state index is 0.530. The molecule has 2 aromatic rings. The number of hydrogen-bond acceptors (Lipinski definition) is 3. The summed E-state index contributed by atoms with van der Waals surface area (Å²) < 4.78 is 0. The summed E-state index contributed by atoms with van der Waals surface area (Å²) in [6.45, 7) is 2.63. The van der Waals surface area contributed by atoms with Crippen LogP contribution in [0, 0.1) is 6.92 Å². The molecule has 1 aromatic heterocycles. The van der Waals surface area contributed by atoms with Crippen molar-refractivity contribution in [2.24, 2.45) is 5.73 Å². The largest absolute Gasteiger partial charge is 0.326 e. The Hall–Kier alpha value is -1.32. The molecule has 0 aliphatic heterocycles. The van der Waals surface area contributed by atoms with E-state index in [9.17, 15) is 0 Å². The first-order chi connectivity index (χ1) is 7.81. The molecule has 1 heterocycles. The van der Waals surface area contributed by atoms with Crippen LogP contribution in [0.4, 0.5) is 0 Å². The van der Waals surface area contributed by atoms with Crippen LogP contribution in [0.3, 0.4) is 0 Å². The number of hydrogen-bond donors (Lipinski definition) is 1. The van der Waals surface area contributed by atoms with E-state index in [-0.39, 0.29) is 0 Å². The first kappa shape index (κ1) is 11.2. The molecule has 0 atom stereocenters. The molecule has 0 bridgehead atoms. The van der Waals surface area contributed by atoms with Crippen LogP contribution in [0.25, 0.3) is 0 Å². The summed E-state index contributed by atoms with van der Waals surface area (Å²) in [4.78, 5) is 5.60. The second-order valence-electron chi connectivity index (χ2n) is 3.54. The van der Waals surface area contributed by atoms with Crippen molar-refractivity contribution in [3.63, 3.8) is 0 Å². The highest BCUT2D eigenvalue weighted by molar-refractivity contribution is 7.99. The van der Waals surface area contributed by atoms with E-state index in [1.165, 1.54) is 10.5 Å². The van der Waals surface area contributed by atoms with E-state index in [1.807, 2.05) is 24.3 Å². The minimum Gasteiger partial charge on any atom is -0.326 e. The molecule has 82 valence electrons. The molecule has 16 heavy (non-hydrogen) atoms. The van der Waals surface area contributed by atoms with Crippen LogP contribution in [-0.4, -0.2) is 4.98 Å². The fourth-order valence-corrected chi connectivity index (χ4v) is 2.43. The lowest BCUT2D eigenvalue weighted by atomic mass is 10.2. The molecule has 0 amide bonds. The van der Waals surface area contributed by atoms with Crippen molar-refractivity contribution in [3.8, 4) is 0 Å². The number of nitrogens with two attached hydrogens (primary N) is 1. The lowest BCUT2D eigenvalue weighted by molar-refractivity contribution is 0.962. The van der Waals surface area contributed by atoms with Crippen LogP contribution in [0.15, 0.2) is 52.5 Å². The first-order valence-corrected chi connectivity index (χ1v) is 6.00. The number of aromatic nitrogens is 1. The molecule has 2 N–H and O–H groups in total. The highest BCUT2D eigenvalue weighted by Gasteiger charge is 2.05. The van der Waals surface area contributed by atoms with Crippen molar-refractivity contribution in [3.05, 3.63) is 53.7 Å². The third kappa shape index (κ3) is 2.43. The molecule has 0 saturated heterocycles. The molecule has 0 radical (unpaired) electrons. The normalized spacial score (nSPS) is 10.4. The Morgan fingerprint density at radius 2 is 2.00 bits per heavy atom. The van der Waals surface area contributed by atoms with E-state index < -0.39 is 0 Å². The zero-order valence-corrected chi connectivity index (χ0v) is 10.00. The van der Waals surface area contributed by atoms with Crippen molar-refractivity contribution >= 4 is 11.8 Å². The Balaban J connectivity index is 2.30. The molecule has 0 spiro atoms. The van der Waals surface area contributed by atoms with Gasteiger partial charge in [-0.2, -0.15) is 0 Å². The maximum atomic E-state index is 5.69. The van der Waals surface area contributed by atoms with Gasteiger partial charge in [0.1, 0.15) is 5.03 Å². The SMILES string of the molecule is Cc1ccccc1Sc1ncccc1CN. The fraction of sp³-hybridized carbons (Fsp3) is 0.154. The third-order valence-corrected chi connectivity index (χ3v) is 3.61. The highest BCUT2D eigenvalue weighted by atomic mass is 32.2. The van der Waals surface area contributed by atoms with E-state index >= 15 is 0 Å². The van der Waals surface area contributed by atoms with Gasteiger partial charge in [0.2, 0.25) is 0 Å². The van der Waals surface area contributed by atoms with Gasteiger partial charge in [-0.25, -0.2) is 4.98 Å². The van der Waals surface area contributed by atoms with E-state index in [0.29, 0.717) is 6.54 Å². The van der Waals surface area contributed by atoms with E-state index in [4.69, 9.17) is 5.73 Å². The van der Waals surface area contributed by atoms with Gasteiger partial charge in [0.15, 0.2) is 0 Å². The van der Waals surface area contributed by atoms with Crippen molar-refractivity contribution < 1.29 is 0 Å². The number of aryl methyl sites for hydroxylation is 1. The minimum atomic E-state index is 0.530. The Morgan fingerprint density at radius 1 is 1.19 bits per heavy atom. The molecular weight excluding hydrogens is 216 g/mol. The van der Waals surface area contributed by atoms with Gasteiger partial charge >= 0.3 is 0 Å². The van der Waals surface area contributed by atoms with Crippen molar-refractivity contribution in [1.29, 1.82) is 0 Å². The number of benzene rings is 1. The van der Waals surface area contributed by atoms with E-state index in [1.54, 1.807) is 18.0 Å². The quantitative estimate of drug-likeness (QED) is 0.881. The van der Waals surface area contributed by atoms with Crippen LogP contribution in [0.2, 0.25) is 0 Å². The van der Waals surface area contributed by atoms with Crippen LogP contribution >= 0.6 is 11.8 Å². The summed E-state index contributed by atoms with van der Waals surface area (Å²) in [6, 6.07) is 12.2. The Morgan fingerprint density at radius 3 is 2.75 bits per heavy atom. The summed E-state index contributed by atoms with van der Waals surface area (Å²) in [6.07, 6.45) is 1.81. The van der Waals surface area contributed by atoms with Gasteiger partial charge in [-0.05, 0) is 30.2 Å². The second-order valence-corrected chi connectivity index (χ2v) is 4.57. The lowest BCUT2D eigenvalue weighted by Gasteiger charge is -2.07. The Labute approximate surface area is 99.9 Å². The van der Waals surface area contributed by atoms with Gasteiger partial charge < -0.3 is 5.73 Å². The van der Waals surface area contributed by atoms with Crippen LogP contribution in [0.5, 0.6) is 0 Å². The van der Waals surface area contributed by atoms with Gasteiger partial charge in [-0.3, -0.25) is 0 Å². The predicted octanol–water partition coefficient (Wildman–Crippen LogP) is 3.00. The molecule has 0 fully saturated rings. The summed E-state index contributed by atoms with van der Waals surface area (Å²) in [5.74, 6) is 0. The van der Waals surface area contributed by atoms with Gasteiger partial charge in [-0.1, -0.05) is 36.0 Å². The van der Waals surface area contributed by atoms with Crippen LogP contribution < -0.4 is 5.73 Å². The topological polar surface area (TPSA) is 38.9 Å². The van der Waals surface area contributed by atoms with Crippen molar-refractivity contribution in [2.75, 3.05) is 0 Å². The number of rotatable bonds is 3. The van der Waals surface area contributed by atoms with Crippen molar-refractivity contribution in [1.82, 2.24) is 4.98 Å². The van der Waals surface area contributed by atoms with Gasteiger partial charge in [0, 0.05) is 17.6 Å². The first-order valence-electron chi connectivity index (χ1n) is 5.18. The summed E-state index contributed by atoms with van der Waals surface area (Å²) >= 11 is 1.67. The third-order valence-electron chi connectivity index (χ3n) is 2.37. The predicted molar refractivity (Wildman–Crippen MR) is 67.4 cm³/mol. The maximum Gasteiger partial charge on any atom is 0.105 e. The summed E-state index contributed by atoms with van der Waals surface area (Å²) in [5.41, 5.74) is 8.05. The molecule has 0 aliphatic rings. The average Bonchev–Trinajstić information content (AvgIpc) is 2.33. The van der Waals surface area contributed by atoms with E-state index in [2.05, 4.69) is 24.0 Å². The van der Waals surface area contributed by atoms with E-state index in [0.717, 1.165) is 10.6 Å². The zero-order chi connectivity index (χ0) is 11.4. The van der Waals surface area contributed by atoms with Gasteiger partial charge in [0.25, 0.3) is 0 Å². The van der Waals surface area contributed by atoms with Crippen molar-refractivity contribution in [2.45, 2.75) is 23.4 Å².